The van der Waals surface area contributed by atoms with Gasteiger partial charge in [0, 0.05) is 16.6 Å². The third kappa shape index (κ3) is 2.67. The van der Waals surface area contributed by atoms with Crippen LogP contribution in [0.15, 0.2) is 12.1 Å². The van der Waals surface area contributed by atoms with Gasteiger partial charge in [-0.05, 0) is 18.1 Å². The maximum Gasteiger partial charge on any atom is 0.132 e. The molecule has 1 unspecified atom stereocenters. The summed E-state index contributed by atoms with van der Waals surface area (Å²) in [4.78, 5) is 0. The molecule has 2 atom stereocenters. The Morgan fingerprint density at radius 3 is 2.20 bits per heavy atom. The van der Waals surface area contributed by atoms with Crippen molar-refractivity contribution in [3.05, 3.63) is 34.4 Å². The topological polar surface area (TPSA) is 26.0 Å². The molecule has 1 rings (SSSR count). The van der Waals surface area contributed by atoms with E-state index in [-0.39, 0.29) is 16.5 Å². The summed E-state index contributed by atoms with van der Waals surface area (Å²) >= 11 is 5.52. The largest absolute Gasteiger partial charge is 0.324 e. The van der Waals surface area contributed by atoms with Gasteiger partial charge >= 0.3 is 0 Å². The number of rotatable bonds is 3. The molecule has 1 aromatic rings. The average molecular weight is 234 g/mol. The summed E-state index contributed by atoms with van der Waals surface area (Å²) in [5.74, 6) is -1.32. The predicted molar refractivity (Wildman–Crippen MR) is 57.8 cm³/mol. The summed E-state index contributed by atoms with van der Waals surface area (Å²) < 4.78 is 26.9. The number of hydrogen-bond acceptors (Lipinski definition) is 1. The Bertz CT molecular complexity index is 331. The first-order valence-electron chi connectivity index (χ1n) is 4.87. The van der Waals surface area contributed by atoms with Gasteiger partial charge in [0.15, 0.2) is 0 Å². The number of nitrogens with two attached hydrogens (primary N) is 1. The van der Waals surface area contributed by atoms with Crippen LogP contribution >= 0.6 is 11.6 Å². The van der Waals surface area contributed by atoms with E-state index < -0.39 is 17.7 Å². The van der Waals surface area contributed by atoms with Gasteiger partial charge in [0.1, 0.15) is 11.6 Å². The lowest BCUT2D eigenvalue weighted by atomic mass is 9.92. The van der Waals surface area contributed by atoms with Crippen molar-refractivity contribution in [2.24, 2.45) is 11.7 Å². The van der Waals surface area contributed by atoms with Crippen molar-refractivity contribution in [3.8, 4) is 0 Å². The minimum atomic E-state index is -0.673. The number of benzene rings is 1. The lowest BCUT2D eigenvalue weighted by molar-refractivity contribution is 0.419. The molecular formula is C11H14ClF2N. The Hall–Kier alpha value is -0.670. The van der Waals surface area contributed by atoms with Crippen LogP contribution in [0.3, 0.4) is 0 Å². The molecule has 1 nitrogen and oxygen atoms in total. The van der Waals surface area contributed by atoms with Crippen LogP contribution in [0.1, 0.15) is 31.9 Å². The van der Waals surface area contributed by atoms with Gasteiger partial charge in [0.2, 0.25) is 0 Å². The highest BCUT2D eigenvalue weighted by molar-refractivity contribution is 6.30. The van der Waals surface area contributed by atoms with Gasteiger partial charge in [-0.3, -0.25) is 0 Å². The summed E-state index contributed by atoms with van der Waals surface area (Å²) in [5.41, 5.74) is 5.70. The Morgan fingerprint density at radius 1 is 1.33 bits per heavy atom. The van der Waals surface area contributed by atoms with E-state index in [2.05, 4.69) is 0 Å². The van der Waals surface area contributed by atoms with Gasteiger partial charge in [-0.1, -0.05) is 31.9 Å². The normalized spacial score (nSPS) is 15.1. The van der Waals surface area contributed by atoms with Crippen LogP contribution in [0, 0.1) is 17.6 Å². The molecular weight excluding hydrogens is 220 g/mol. The number of hydrogen-bond donors (Lipinski definition) is 1. The Labute approximate surface area is 93.2 Å². The zero-order chi connectivity index (χ0) is 11.6. The van der Waals surface area contributed by atoms with Crippen LogP contribution in [0.25, 0.3) is 0 Å². The third-order valence-corrected chi connectivity index (χ3v) is 2.85. The molecule has 4 heteroatoms. The SMILES string of the molecule is CCC(C)[C@H](N)c1c(F)cc(Cl)cc1F. The fourth-order valence-electron chi connectivity index (χ4n) is 1.41. The van der Waals surface area contributed by atoms with Gasteiger partial charge in [-0.2, -0.15) is 0 Å². The molecule has 0 saturated carbocycles. The first-order chi connectivity index (χ1) is 6.97. The van der Waals surface area contributed by atoms with Gasteiger partial charge < -0.3 is 5.73 Å². The zero-order valence-corrected chi connectivity index (χ0v) is 9.48. The van der Waals surface area contributed by atoms with E-state index in [0.717, 1.165) is 18.6 Å². The summed E-state index contributed by atoms with van der Waals surface area (Å²) in [6, 6.07) is 1.54. The smallest absolute Gasteiger partial charge is 0.132 e. The molecule has 0 aliphatic carbocycles. The molecule has 1 aromatic carbocycles. The van der Waals surface area contributed by atoms with Crippen molar-refractivity contribution in [2.45, 2.75) is 26.3 Å². The lowest BCUT2D eigenvalue weighted by Crippen LogP contribution is -2.21. The van der Waals surface area contributed by atoms with E-state index in [1.165, 1.54) is 0 Å². The van der Waals surface area contributed by atoms with E-state index in [0.29, 0.717) is 0 Å². The van der Waals surface area contributed by atoms with Crippen molar-refractivity contribution in [2.75, 3.05) is 0 Å². The molecule has 0 spiro atoms. The second kappa shape index (κ2) is 4.90. The minimum absolute atomic E-state index is 0.0233. The summed E-state index contributed by atoms with van der Waals surface area (Å²) in [6.07, 6.45) is 0.767. The lowest BCUT2D eigenvalue weighted by Gasteiger charge is -2.19. The molecule has 0 heterocycles. The van der Waals surface area contributed by atoms with Crippen molar-refractivity contribution in [1.82, 2.24) is 0 Å². The van der Waals surface area contributed by atoms with E-state index in [4.69, 9.17) is 17.3 Å². The van der Waals surface area contributed by atoms with Gasteiger partial charge in [-0.15, -0.1) is 0 Å². The standard InChI is InChI=1S/C11H14ClF2N/c1-3-6(2)11(15)10-8(13)4-7(12)5-9(10)14/h4-6,11H,3,15H2,1-2H3/t6?,11-/m0/s1. The zero-order valence-electron chi connectivity index (χ0n) is 8.73. The minimum Gasteiger partial charge on any atom is -0.324 e. The molecule has 0 amide bonds. The molecule has 84 valence electrons. The van der Waals surface area contributed by atoms with Crippen LogP contribution < -0.4 is 5.73 Å². The van der Waals surface area contributed by atoms with Crippen LogP contribution in [0.5, 0.6) is 0 Å². The summed E-state index contributed by atoms with van der Waals surface area (Å²) in [5, 5.41) is 0.0464. The molecule has 0 aromatic heterocycles. The van der Waals surface area contributed by atoms with Crippen LogP contribution in [-0.2, 0) is 0 Å². The maximum atomic E-state index is 13.5. The summed E-state index contributed by atoms with van der Waals surface area (Å²) in [7, 11) is 0. The van der Waals surface area contributed by atoms with Gasteiger partial charge in [0.05, 0.1) is 0 Å². The third-order valence-electron chi connectivity index (χ3n) is 2.63. The molecule has 15 heavy (non-hydrogen) atoms. The Balaban J connectivity index is 3.13. The van der Waals surface area contributed by atoms with Crippen LogP contribution in [0.4, 0.5) is 8.78 Å². The van der Waals surface area contributed by atoms with E-state index in [1.54, 1.807) is 0 Å². The highest BCUT2D eigenvalue weighted by atomic mass is 35.5. The Kier molecular flexibility index (Phi) is 4.05. The van der Waals surface area contributed by atoms with E-state index in [1.807, 2.05) is 13.8 Å². The van der Waals surface area contributed by atoms with Gasteiger partial charge in [0.25, 0.3) is 0 Å². The highest BCUT2D eigenvalue weighted by Gasteiger charge is 2.21. The second-order valence-electron chi connectivity index (χ2n) is 3.69. The first-order valence-corrected chi connectivity index (χ1v) is 5.25. The van der Waals surface area contributed by atoms with Crippen molar-refractivity contribution < 1.29 is 8.78 Å². The molecule has 0 aliphatic rings. The van der Waals surface area contributed by atoms with E-state index >= 15 is 0 Å². The van der Waals surface area contributed by atoms with Crippen molar-refractivity contribution >= 4 is 11.6 Å². The second-order valence-corrected chi connectivity index (χ2v) is 4.13. The molecule has 2 N–H and O–H groups in total. The van der Waals surface area contributed by atoms with Gasteiger partial charge in [-0.25, -0.2) is 8.78 Å². The average Bonchev–Trinajstić information content (AvgIpc) is 2.14. The molecule has 0 radical (unpaired) electrons. The molecule has 0 bridgehead atoms. The van der Waals surface area contributed by atoms with Crippen molar-refractivity contribution in [1.29, 1.82) is 0 Å². The molecule has 0 fully saturated rings. The first kappa shape index (κ1) is 12.4. The van der Waals surface area contributed by atoms with E-state index in [9.17, 15) is 8.78 Å². The highest BCUT2D eigenvalue weighted by Crippen LogP contribution is 2.28. The Morgan fingerprint density at radius 2 is 1.80 bits per heavy atom. The number of halogens is 3. The fourth-order valence-corrected chi connectivity index (χ4v) is 1.60. The van der Waals surface area contributed by atoms with Crippen LogP contribution in [-0.4, -0.2) is 0 Å². The predicted octanol–water partition coefficient (Wildman–Crippen LogP) is 3.66. The van der Waals surface area contributed by atoms with Crippen LogP contribution in [0.2, 0.25) is 5.02 Å². The monoisotopic (exact) mass is 233 g/mol. The quantitative estimate of drug-likeness (QED) is 0.847. The summed E-state index contributed by atoms with van der Waals surface area (Å²) in [6.45, 7) is 3.79. The molecule has 0 saturated heterocycles. The fraction of sp³-hybridized carbons (Fsp3) is 0.455. The molecule has 0 aliphatic heterocycles. The maximum absolute atomic E-state index is 13.5. The van der Waals surface area contributed by atoms with Crippen molar-refractivity contribution in [3.63, 3.8) is 0 Å².